The Morgan fingerprint density at radius 3 is 1.00 bits per heavy atom. The molecule has 4 nitrogen and oxygen atoms in total. The molecule has 0 atom stereocenters. The van der Waals surface area contributed by atoms with Crippen molar-refractivity contribution in [2.75, 3.05) is 0 Å². The second-order valence-corrected chi connectivity index (χ2v) is 0.289. The molecule has 39 valence electrons. The molecule has 1 N–H and O–H groups in total. The third-order valence-corrected chi connectivity index (χ3v) is 0. The van der Waals surface area contributed by atoms with E-state index in [1.54, 1.807) is 0 Å². The van der Waals surface area contributed by atoms with Crippen molar-refractivity contribution in [3.05, 3.63) is 0 Å². The molecule has 0 aliphatic carbocycles. The molecule has 0 rings (SSSR count). The Morgan fingerprint density at radius 2 is 1.00 bits per heavy atom. The maximum absolute atomic E-state index is 8.42. The van der Waals surface area contributed by atoms with Crippen LogP contribution in [0.5, 0.6) is 0 Å². The Labute approximate surface area is 104 Å². The molecular formula is HBCaMgMnO4. The Kier molecular flexibility index (Phi) is 89.2. The van der Waals surface area contributed by atoms with Gasteiger partial charge in [-0.2, -0.15) is 0 Å². The second-order valence-electron chi connectivity index (χ2n) is 0.289. The molecule has 0 bridgehead atoms. The van der Waals surface area contributed by atoms with E-state index in [1.165, 1.54) is 0 Å². The van der Waals surface area contributed by atoms with Gasteiger partial charge in [-0.3, -0.25) is 7.32 Å². The fourth-order valence-corrected chi connectivity index (χ4v) is 0. The first-order valence-corrected chi connectivity index (χ1v) is 0.707. The molecule has 0 saturated heterocycles. The number of hydrogen-bond donors (Lipinski definition) is 0. The maximum atomic E-state index is 8.42. The van der Waals surface area contributed by atoms with Gasteiger partial charge < -0.3 is 20.5 Å². The van der Waals surface area contributed by atoms with Gasteiger partial charge in [0.1, 0.15) is 0 Å². The molecule has 0 fully saturated rings. The molecular weight excluding hydrogens is 194 g/mol. The van der Waals surface area contributed by atoms with Crippen LogP contribution in [0.1, 0.15) is 0 Å². The van der Waals surface area contributed by atoms with Crippen LogP contribution in [0, 0.1) is 0 Å². The Morgan fingerprint density at radius 1 is 1.00 bits per heavy atom. The predicted octanol–water partition coefficient (Wildman–Crippen LogP) is -4.89. The molecule has 0 aliphatic rings. The first-order chi connectivity index (χ1) is 1.73. The maximum Gasteiger partial charge on any atom is 2.00 e. The molecule has 8 heteroatoms. The van der Waals surface area contributed by atoms with Crippen LogP contribution in [0.3, 0.4) is 0 Å². The van der Waals surface area contributed by atoms with Crippen molar-refractivity contribution in [1.82, 2.24) is 0 Å². The van der Waals surface area contributed by atoms with Crippen molar-refractivity contribution in [2.45, 2.75) is 0 Å². The van der Waals surface area contributed by atoms with E-state index in [9.17, 15) is 0 Å². The minimum Gasteiger partial charge on any atom is -0.907 e. The molecule has 8 heavy (non-hydrogen) atoms. The van der Waals surface area contributed by atoms with E-state index in [-0.39, 0.29) is 83.3 Å². The van der Waals surface area contributed by atoms with E-state index in [4.69, 9.17) is 15.1 Å². The van der Waals surface area contributed by atoms with Gasteiger partial charge in [-0.25, -0.2) is 0 Å². The number of rotatable bonds is 0. The van der Waals surface area contributed by atoms with Crippen LogP contribution in [-0.4, -0.2) is 73.6 Å². The van der Waals surface area contributed by atoms with E-state index in [2.05, 4.69) is 0 Å². The summed E-state index contributed by atoms with van der Waals surface area (Å²) in [5, 5.41) is 25.2. The van der Waals surface area contributed by atoms with Gasteiger partial charge in [0, 0.05) is 17.1 Å². The number of hydrogen-bond acceptors (Lipinski definition) is 4. The van der Waals surface area contributed by atoms with E-state index in [0.717, 1.165) is 0 Å². The average molecular weight is 195 g/mol. The van der Waals surface area contributed by atoms with Gasteiger partial charge in [0.2, 0.25) is 0 Å². The molecule has 0 aromatic rings. The van der Waals surface area contributed by atoms with E-state index < -0.39 is 7.32 Å². The topological polar surface area (TPSA) is 99.2 Å². The SMILES string of the molecule is [Ca+2].[Mg+2].[Mn].[O-]B([O-])[O-].[OH-]. The summed E-state index contributed by atoms with van der Waals surface area (Å²) in [5.41, 5.74) is 0. The van der Waals surface area contributed by atoms with E-state index >= 15 is 0 Å². The normalized spacial score (nSPS) is 3.38. The van der Waals surface area contributed by atoms with Gasteiger partial charge in [-0.05, 0) is 0 Å². The van der Waals surface area contributed by atoms with Gasteiger partial charge in [0.15, 0.2) is 0 Å². The second kappa shape index (κ2) is 22.7. The quantitative estimate of drug-likeness (QED) is 0.362. The minimum absolute atomic E-state index is 0. The summed E-state index contributed by atoms with van der Waals surface area (Å²) in [6.45, 7) is 0. The summed E-state index contributed by atoms with van der Waals surface area (Å²) in [6.07, 6.45) is 0. The summed E-state index contributed by atoms with van der Waals surface area (Å²) in [5.74, 6) is 0. The van der Waals surface area contributed by atoms with Crippen molar-refractivity contribution in [3.8, 4) is 0 Å². The molecule has 0 aliphatic heterocycles. The van der Waals surface area contributed by atoms with Crippen molar-refractivity contribution >= 4 is 68.1 Å². The summed E-state index contributed by atoms with van der Waals surface area (Å²) < 4.78 is 0. The smallest absolute Gasteiger partial charge is 0.907 e. The largest absolute Gasteiger partial charge is 2.00 e. The Hall–Kier alpha value is 2.45. The zero-order valence-electron chi connectivity index (χ0n) is 4.04. The molecule has 0 unspecified atom stereocenters. The van der Waals surface area contributed by atoms with Gasteiger partial charge in [0.25, 0.3) is 0 Å². The van der Waals surface area contributed by atoms with Crippen LogP contribution < -0.4 is 15.1 Å². The first kappa shape index (κ1) is 31.4. The zero-order chi connectivity index (χ0) is 3.58. The molecule has 0 aromatic carbocycles. The van der Waals surface area contributed by atoms with Crippen LogP contribution in [0.2, 0.25) is 0 Å². The van der Waals surface area contributed by atoms with Crippen LogP contribution >= 0.6 is 0 Å². The molecule has 0 saturated carbocycles. The van der Waals surface area contributed by atoms with Gasteiger partial charge >= 0.3 is 60.8 Å². The van der Waals surface area contributed by atoms with Crippen LogP contribution in [0.4, 0.5) is 0 Å². The third kappa shape index (κ3) is 78.1. The molecule has 0 spiro atoms. The zero-order valence-corrected chi connectivity index (χ0v) is 8.84. The predicted molar refractivity (Wildman–Crippen MR) is 19.2 cm³/mol. The summed E-state index contributed by atoms with van der Waals surface area (Å²) in [4.78, 5) is 0. The van der Waals surface area contributed by atoms with Crippen LogP contribution in [-0.2, 0) is 17.1 Å². The standard InChI is InChI=1S/BO3.Ca.Mg.Mn.H2O/c2-1(3)4;;;;/h;;;;1H2/q-3;2*+2;;/p-1. The minimum atomic E-state index is -2.92. The molecule has 1 radical (unpaired) electrons. The Bertz CT molecular complexity index is 20.8. The van der Waals surface area contributed by atoms with Crippen molar-refractivity contribution < 1.29 is 37.6 Å². The first-order valence-electron chi connectivity index (χ1n) is 0.707. The van der Waals surface area contributed by atoms with Gasteiger partial charge in [-0.15, -0.1) is 0 Å². The Balaban J connectivity index is -0.00000000750. The fraction of sp³-hybridized carbons (Fsp3) is 0. The van der Waals surface area contributed by atoms with Crippen LogP contribution in [0.25, 0.3) is 0 Å². The van der Waals surface area contributed by atoms with E-state index in [1.807, 2.05) is 0 Å². The van der Waals surface area contributed by atoms with Crippen LogP contribution in [0.15, 0.2) is 0 Å². The van der Waals surface area contributed by atoms with Gasteiger partial charge in [-0.1, -0.05) is 0 Å². The molecule has 0 amide bonds. The van der Waals surface area contributed by atoms with Crippen molar-refractivity contribution in [2.24, 2.45) is 0 Å². The monoisotopic (exact) mass is 195 g/mol. The summed E-state index contributed by atoms with van der Waals surface area (Å²) in [6, 6.07) is 0. The van der Waals surface area contributed by atoms with Gasteiger partial charge in [0.05, 0.1) is 0 Å². The van der Waals surface area contributed by atoms with E-state index in [0.29, 0.717) is 0 Å². The summed E-state index contributed by atoms with van der Waals surface area (Å²) >= 11 is 0. The fourth-order valence-electron chi connectivity index (χ4n) is 0. The van der Waals surface area contributed by atoms with Crippen molar-refractivity contribution in [3.63, 3.8) is 0 Å². The molecule has 0 aromatic heterocycles. The molecule has 0 heterocycles. The average Bonchev–Trinajstić information content (AvgIpc) is 0.811. The third-order valence-electron chi connectivity index (χ3n) is 0. The summed E-state index contributed by atoms with van der Waals surface area (Å²) in [7, 11) is -2.92. The van der Waals surface area contributed by atoms with Crippen molar-refractivity contribution in [1.29, 1.82) is 0 Å².